The first kappa shape index (κ1) is 25.9. The first-order chi connectivity index (χ1) is 21.3. The van der Waals surface area contributed by atoms with Crippen molar-refractivity contribution in [3.05, 3.63) is 23.3 Å². The standard InChI is InChI=1S/C31H44F6O4/c1-27(2,40)14-4-7-21(9-6-16-29(41,30(32,33)34)31(35,36)37)25-12-13-26-22(8-5-15-28(25,26)3)11-10-20-17-23(38)19-24(39)18-20/h10-11,21,23-26,38-41H,4-5,7-9,12-15,17-19H2,1-3H3/b22-11+/t21-,23-,24-,25-,26+,28-/m1/s1/i1D3,2D3. The maximum absolute atomic E-state index is 13.3. The number of halogens is 6. The summed E-state index contributed by atoms with van der Waals surface area (Å²) >= 11 is 0. The molecule has 0 radical (unpaired) electrons. The topological polar surface area (TPSA) is 80.9 Å². The Labute approximate surface area is 247 Å². The zero-order valence-corrected chi connectivity index (χ0v) is 23.1. The highest BCUT2D eigenvalue weighted by Crippen LogP contribution is 2.60. The molecule has 41 heavy (non-hydrogen) atoms. The Morgan fingerprint density at radius 1 is 1.02 bits per heavy atom. The van der Waals surface area contributed by atoms with Gasteiger partial charge in [0.2, 0.25) is 0 Å². The minimum absolute atomic E-state index is 0.00374. The summed E-state index contributed by atoms with van der Waals surface area (Å²) in [6, 6.07) is 0. The van der Waals surface area contributed by atoms with E-state index in [0.29, 0.717) is 38.5 Å². The van der Waals surface area contributed by atoms with Gasteiger partial charge in [-0.25, -0.2) is 0 Å². The van der Waals surface area contributed by atoms with Crippen molar-refractivity contribution in [2.24, 2.45) is 23.2 Å². The van der Waals surface area contributed by atoms with Crippen molar-refractivity contribution >= 4 is 0 Å². The summed E-state index contributed by atoms with van der Waals surface area (Å²) in [5.74, 6) is 1.92. The molecule has 0 amide bonds. The van der Waals surface area contributed by atoms with Gasteiger partial charge in [0, 0.05) is 14.6 Å². The number of aliphatic hydroxyl groups excluding tert-OH is 2. The van der Waals surface area contributed by atoms with E-state index in [1.165, 1.54) is 0 Å². The molecule has 4 nitrogen and oxygen atoms in total. The van der Waals surface area contributed by atoms with Crippen LogP contribution in [0.25, 0.3) is 0 Å². The third kappa shape index (κ3) is 8.10. The summed E-state index contributed by atoms with van der Waals surface area (Å²) in [5.41, 5.74) is -6.84. The number of allylic oxidation sites excluding steroid dienone is 3. The maximum atomic E-state index is 13.3. The highest BCUT2D eigenvalue weighted by atomic mass is 19.4. The molecule has 0 unspecified atom stereocenters. The Bertz CT molecular complexity index is 1190. The fraction of sp³-hybridized carbons (Fsp3) is 0.806. The Hall–Kier alpha value is -1.54. The van der Waals surface area contributed by atoms with Crippen LogP contribution in [0.5, 0.6) is 0 Å². The molecule has 0 aliphatic heterocycles. The van der Waals surface area contributed by atoms with E-state index in [9.17, 15) is 46.8 Å². The second-order valence-corrected chi connectivity index (χ2v) is 12.3. The molecule has 3 aliphatic rings. The molecule has 3 rings (SSSR count). The maximum Gasteiger partial charge on any atom is 0.438 e. The van der Waals surface area contributed by atoms with Crippen LogP contribution in [-0.2, 0) is 0 Å². The van der Waals surface area contributed by atoms with Gasteiger partial charge in [-0.3, -0.25) is 0 Å². The lowest BCUT2D eigenvalue weighted by Crippen LogP contribution is -2.55. The van der Waals surface area contributed by atoms with Gasteiger partial charge in [-0.15, -0.1) is 0 Å². The van der Waals surface area contributed by atoms with Crippen molar-refractivity contribution in [2.45, 2.75) is 133 Å². The Balaban J connectivity index is 1.94. The largest absolute Gasteiger partial charge is 0.438 e. The highest BCUT2D eigenvalue weighted by molar-refractivity contribution is 5.27. The van der Waals surface area contributed by atoms with Crippen LogP contribution in [0.1, 0.15) is 106 Å². The Morgan fingerprint density at radius 3 is 2.24 bits per heavy atom. The van der Waals surface area contributed by atoms with Crippen LogP contribution < -0.4 is 0 Å². The average molecular weight is 601 g/mol. The lowest BCUT2D eigenvalue weighted by molar-refractivity contribution is -0.343. The predicted molar refractivity (Wildman–Crippen MR) is 143 cm³/mol. The molecule has 234 valence electrons. The summed E-state index contributed by atoms with van der Waals surface area (Å²) in [4.78, 5) is 0. The molecule has 0 aromatic heterocycles. The zero-order chi connectivity index (χ0) is 35.9. The minimum atomic E-state index is -6.13. The van der Waals surface area contributed by atoms with E-state index in [2.05, 4.69) is 0 Å². The number of hydrogen-bond acceptors (Lipinski definition) is 4. The van der Waals surface area contributed by atoms with Crippen LogP contribution in [0.2, 0.25) is 0 Å². The monoisotopic (exact) mass is 600 g/mol. The third-order valence-corrected chi connectivity index (χ3v) is 9.25. The number of aliphatic hydroxyl groups is 4. The van der Waals surface area contributed by atoms with Gasteiger partial charge in [0.05, 0.1) is 17.8 Å². The van der Waals surface area contributed by atoms with Gasteiger partial charge >= 0.3 is 18.0 Å². The van der Waals surface area contributed by atoms with Crippen molar-refractivity contribution < 1.29 is 55.0 Å². The van der Waals surface area contributed by atoms with Gasteiger partial charge in [0.1, 0.15) is 0 Å². The molecule has 0 aromatic rings. The molecule has 0 aromatic carbocycles. The van der Waals surface area contributed by atoms with E-state index in [1.54, 1.807) is 0 Å². The van der Waals surface area contributed by atoms with Crippen molar-refractivity contribution in [1.82, 2.24) is 0 Å². The Morgan fingerprint density at radius 2 is 1.66 bits per heavy atom. The van der Waals surface area contributed by atoms with E-state index in [-0.39, 0.29) is 24.7 Å². The first-order valence-corrected chi connectivity index (χ1v) is 14.1. The predicted octanol–water partition coefficient (Wildman–Crippen LogP) is 6.77. The molecule has 3 aliphatic carbocycles. The van der Waals surface area contributed by atoms with Gasteiger partial charge in [-0.2, -0.15) is 26.3 Å². The van der Waals surface area contributed by atoms with E-state index in [4.69, 9.17) is 8.22 Å². The van der Waals surface area contributed by atoms with Crippen LogP contribution in [0, 0.1) is 35.0 Å². The van der Waals surface area contributed by atoms with Gasteiger partial charge in [-0.1, -0.05) is 42.6 Å². The number of rotatable bonds is 7. The van der Waals surface area contributed by atoms with Crippen LogP contribution in [0.15, 0.2) is 23.3 Å². The van der Waals surface area contributed by atoms with Crippen LogP contribution in [0.4, 0.5) is 26.3 Å². The summed E-state index contributed by atoms with van der Waals surface area (Å²) < 4.78 is 126. The molecule has 0 heterocycles. The summed E-state index contributed by atoms with van der Waals surface area (Å²) in [6.07, 6.45) is -6.71. The lowest BCUT2D eigenvalue weighted by Gasteiger charge is -2.45. The van der Waals surface area contributed by atoms with Crippen LogP contribution in [0.3, 0.4) is 0 Å². The average Bonchev–Trinajstić information content (AvgIpc) is 3.25. The van der Waals surface area contributed by atoms with E-state index >= 15 is 0 Å². The van der Waals surface area contributed by atoms with E-state index in [0.717, 1.165) is 29.9 Å². The molecule has 3 fully saturated rings. The van der Waals surface area contributed by atoms with Gasteiger partial charge in [-0.05, 0) is 107 Å². The zero-order valence-electron chi connectivity index (χ0n) is 29.1. The van der Waals surface area contributed by atoms with Crippen LogP contribution >= 0.6 is 0 Å². The number of hydrogen-bond donors (Lipinski definition) is 4. The summed E-state index contributed by atoms with van der Waals surface area (Å²) in [7, 11) is 0. The molecule has 10 heteroatoms. The molecule has 6 atom stereocenters. The fourth-order valence-corrected chi connectivity index (χ4v) is 7.26. The van der Waals surface area contributed by atoms with E-state index in [1.807, 2.05) is 25.0 Å². The van der Waals surface area contributed by atoms with E-state index < -0.39 is 73.6 Å². The van der Waals surface area contributed by atoms with Gasteiger partial charge in [0.15, 0.2) is 0 Å². The molecular weight excluding hydrogens is 550 g/mol. The SMILES string of the molecule is [2H]C([2H])([2H])C(O)(CCC[C@H](CC#CC(O)(C(F)(F)F)C(F)(F)F)[C@H]1CC[C@H]2/C(=C/C=C3C[C@@H](O)C[C@H](O)C3)CCC[C@]12C)C([2H])([2H])[2H]. The molecule has 3 saturated carbocycles. The number of alkyl halides is 6. The van der Waals surface area contributed by atoms with Gasteiger partial charge in [0.25, 0.3) is 0 Å². The van der Waals surface area contributed by atoms with Gasteiger partial charge < -0.3 is 20.4 Å². The molecule has 0 spiro atoms. The second-order valence-electron chi connectivity index (χ2n) is 12.3. The smallest absolute Gasteiger partial charge is 0.393 e. The molecule has 0 saturated heterocycles. The summed E-state index contributed by atoms with van der Waals surface area (Å²) in [6.45, 7) is -4.60. The van der Waals surface area contributed by atoms with Crippen molar-refractivity contribution in [1.29, 1.82) is 0 Å². The fourth-order valence-electron chi connectivity index (χ4n) is 7.26. The van der Waals surface area contributed by atoms with Crippen molar-refractivity contribution in [2.75, 3.05) is 0 Å². The highest BCUT2D eigenvalue weighted by Gasteiger charge is 2.70. The molecular formula is C31H44F6O4. The quantitative estimate of drug-likeness (QED) is 0.192. The Kier molecular flexibility index (Phi) is 7.96. The normalized spacial score (nSPS) is 34.2. The lowest BCUT2D eigenvalue weighted by atomic mass is 9.60. The van der Waals surface area contributed by atoms with Crippen molar-refractivity contribution in [3.63, 3.8) is 0 Å². The minimum Gasteiger partial charge on any atom is -0.393 e. The molecule has 4 N–H and O–H groups in total. The first-order valence-electron chi connectivity index (χ1n) is 17.1. The second kappa shape index (κ2) is 12.6. The van der Waals surface area contributed by atoms with Crippen molar-refractivity contribution in [3.8, 4) is 11.8 Å². The number of fused-ring (bicyclic) bond motifs is 1. The third-order valence-electron chi connectivity index (χ3n) is 9.25. The van der Waals surface area contributed by atoms with Crippen LogP contribution in [-0.4, -0.2) is 56.2 Å². The summed E-state index contributed by atoms with van der Waals surface area (Å²) in [5, 5.41) is 40.4. The molecule has 0 bridgehead atoms.